The highest BCUT2D eigenvalue weighted by molar-refractivity contribution is 9.10. The Morgan fingerprint density at radius 2 is 1.07 bits per heavy atom. The molecule has 0 fully saturated rings. The summed E-state index contributed by atoms with van der Waals surface area (Å²) >= 11 is 3.81. The van der Waals surface area contributed by atoms with Crippen LogP contribution in [0.1, 0.15) is 0 Å². The first-order chi connectivity index (χ1) is 19.8. The van der Waals surface area contributed by atoms with Crippen molar-refractivity contribution in [3.8, 4) is 17.2 Å². The van der Waals surface area contributed by atoms with Crippen LogP contribution in [0.3, 0.4) is 0 Å². The molecule has 0 saturated carbocycles. The fourth-order valence-electron chi connectivity index (χ4n) is 6.57. The van der Waals surface area contributed by atoms with Gasteiger partial charge in [0.25, 0.3) is 0 Å². The Morgan fingerprint density at radius 1 is 0.500 bits per heavy atom. The van der Waals surface area contributed by atoms with Gasteiger partial charge in [0.05, 0.1) is 15.5 Å². The fourth-order valence-corrected chi connectivity index (χ4v) is 12.1. The van der Waals surface area contributed by atoms with Crippen molar-refractivity contribution in [1.82, 2.24) is 4.57 Å². The zero-order valence-corrected chi connectivity index (χ0v) is 24.2. The minimum absolute atomic E-state index is 0.920. The topological polar surface area (TPSA) is 14.2 Å². The number of hydrogen-bond donors (Lipinski definition) is 0. The molecule has 1 atom stereocenters. The van der Waals surface area contributed by atoms with Crippen LogP contribution in [0, 0.1) is 0 Å². The molecule has 40 heavy (non-hydrogen) atoms. The van der Waals surface area contributed by atoms with E-state index in [0.717, 1.165) is 21.7 Å². The second kappa shape index (κ2) is 9.09. The Labute approximate surface area is 242 Å². The van der Waals surface area contributed by atoms with E-state index in [2.05, 4.69) is 166 Å². The maximum Gasteiger partial charge on any atom is 0.188 e. The Balaban J connectivity index is 1.42. The first-order valence-electron chi connectivity index (χ1n) is 13.5. The largest absolute Gasteiger partial charge is 0.456 e. The molecule has 4 heteroatoms. The molecule has 0 spiro atoms. The summed E-state index contributed by atoms with van der Waals surface area (Å²) in [4.78, 5) is 0. The van der Waals surface area contributed by atoms with Crippen LogP contribution >= 0.6 is 15.9 Å². The smallest absolute Gasteiger partial charge is 0.188 e. The molecular weight excluding hydrogens is 570 g/mol. The van der Waals surface area contributed by atoms with E-state index < -0.39 is 8.07 Å². The Hall–Kier alpha value is -4.38. The van der Waals surface area contributed by atoms with Crippen LogP contribution in [0.5, 0.6) is 11.5 Å². The molecule has 0 amide bonds. The molecule has 190 valence electrons. The summed E-state index contributed by atoms with van der Waals surface area (Å²) in [5, 5.41) is 7.75. The maximum atomic E-state index is 6.57. The molecule has 1 aromatic heterocycles. The van der Waals surface area contributed by atoms with Crippen LogP contribution in [0.4, 0.5) is 0 Å². The standard InChI is InChI=1S/C36H24BrNOSi/c37-30-15-10-20-35-36(30)39-33-18-8-9-19-34(33)40(35,26-11-2-1-3-12-26)27-23-21-25(22-24-27)38-31-16-6-4-13-28(31)29-14-5-7-17-32(29)38/h1-24H. The van der Waals surface area contributed by atoms with Crippen LogP contribution in [0.25, 0.3) is 27.5 Å². The fraction of sp³-hybridized carbons (Fsp3) is 0. The number of aromatic nitrogens is 1. The van der Waals surface area contributed by atoms with Crippen LogP contribution in [0.15, 0.2) is 150 Å². The first kappa shape index (κ1) is 23.5. The lowest BCUT2D eigenvalue weighted by atomic mass is 10.2. The summed E-state index contributed by atoms with van der Waals surface area (Å²) in [6, 6.07) is 52.7. The van der Waals surface area contributed by atoms with E-state index in [1.807, 2.05) is 0 Å². The zero-order chi connectivity index (χ0) is 26.7. The average molecular weight is 595 g/mol. The van der Waals surface area contributed by atoms with E-state index in [1.165, 1.54) is 42.6 Å². The van der Waals surface area contributed by atoms with Gasteiger partial charge >= 0.3 is 0 Å². The molecule has 6 aromatic carbocycles. The summed E-state index contributed by atoms with van der Waals surface area (Å²) in [7, 11) is -2.69. The van der Waals surface area contributed by atoms with Gasteiger partial charge in [-0.1, -0.05) is 109 Å². The van der Waals surface area contributed by atoms with Crippen LogP contribution in [-0.4, -0.2) is 12.6 Å². The summed E-state index contributed by atoms with van der Waals surface area (Å²) in [6.07, 6.45) is 0. The number of nitrogens with zero attached hydrogens (tertiary/aromatic N) is 1. The van der Waals surface area contributed by atoms with Gasteiger partial charge in [-0.3, -0.25) is 0 Å². The van der Waals surface area contributed by atoms with E-state index in [4.69, 9.17) is 4.74 Å². The molecule has 1 unspecified atom stereocenters. The molecule has 8 rings (SSSR count). The van der Waals surface area contributed by atoms with E-state index in [1.54, 1.807) is 0 Å². The average Bonchev–Trinajstić information content (AvgIpc) is 3.35. The van der Waals surface area contributed by atoms with Crippen molar-refractivity contribution in [3.63, 3.8) is 0 Å². The minimum Gasteiger partial charge on any atom is -0.456 e. The van der Waals surface area contributed by atoms with E-state index in [-0.39, 0.29) is 0 Å². The lowest BCUT2D eigenvalue weighted by Crippen LogP contribution is -2.76. The third-order valence-electron chi connectivity index (χ3n) is 8.22. The number of rotatable bonds is 3. The normalized spacial score (nSPS) is 15.9. The molecule has 0 radical (unpaired) electrons. The molecule has 2 nitrogen and oxygen atoms in total. The Bertz CT molecular complexity index is 1990. The lowest BCUT2D eigenvalue weighted by molar-refractivity contribution is 0.484. The van der Waals surface area contributed by atoms with Crippen molar-refractivity contribution in [2.24, 2.45) is 0 Å². The SMILES string of the molecule is Brc1cccc2c1Oc1ccccc1[Si]2(c1ccccc1)c1ccc(-n2c3ccccc3c3ccccc32)cc1. The lowest BCUT2D eigenvalue weighted by Gasteiger charge is -2.39. The third-order valence-corrected chi connectivity index (χ3v) is 13.7. The van der Waals surface area contributed by atoms with Gasteiger partial charge in [-0.15, -0.1) is 0 Å². The van der Waals surface area contributed by atoms with Crippen LogP contribution in [0.2, 0.25) is 0 Å². The summed E-state index contributed by atoms with van der Waals surface area (Å²) in [5.74, 6) is 1.85. The highest BCUT2D eigenvalue weighted by atomic mass is 79.9. The molecule has 0 saturated heterocycles. The second-order valence-corrected chi connectivity index (χ2v) is 14.8. The van der Waals surface area contributed by atoms with Crippen molar-refractivity contribution < 1.29 is 4.74 Å². The summed E-state index contributed by atoms with van der Waals surface area (Å²) in [6.45, 7) is 0. The van der Waals surface area contributed by atoms with Crippen LogP contribution in [-0.2, 0) is 0 Å². The van der Waals surface area contributed by atoms with Gasteiger partial charge in [-0.25, -0.2) is 0 Å². The van der Waals surface area contributed by atoms with Gasteiger partial charge < -0.3 is 9.30 Å². The Kier molecular flexibility index (Phi) is 5.34. The predicted molar refractivity (Wildman–Crippen MR) is 172 cm³/mol. The number of ether oxygens (including phenoxy) is 1. The molecular formula is C36H24BrNOSi. The van der Waals surface area contributed by atoms with Gasteiger partial charge in [0.15, 0.2) is 8.07 Å². The number of para-hydroxylation sites is 4. The molecule has 7 aromatic rings. The predicted octanol–water partition coefficient (Wildman–Crippen LogP) is 7.03. The molecule has 0 N–H and O–H groups in total. The first-order valence-corrected chi connectivity index (χ1v) is 16.3. The van der Waals surface area contributed by atoms with Crippen molar-refractivity contribution >= 4 is 66.6 Å². The van der Waals surface area contributed by atoms with Crippen molar-refractivity contribution in [2.45, 2.75) is 0 Å². The molecule has 2 heterocycles. The maximum absolute atomic E-state index is 6.57. The van der Waals surface area contributed by atoms with Gasteiger partial charge in [0.1, 0.15) is 11.5 Å². The molecule has 1 aliphatic rings. The van der Waals surface area contributed by atoms with Gasteiger partial charge in [-0.05, 0) is 73.1 Å². The molecule has 0 aliphatic carbocycles. The number of hydrogen-bond acceptors (Lipinski definition) is 1. The quantitative estimate of drug-likeness (QED) is 0.201. The van der Waals surface area contributed by atoms with E-state index >= 15 is 0 Å². The van der Waals surface area contributed by atoms with Crippen LogP contribution < -0.4 is 25.5 Å². The van der Waals surface area contributed by atoms with Gasteiger partial charge in [0.2, 0.25) is 0 Å². The summed E-state index contributed by atoms with van der Waals surface area (Å²) < 4.78 is 9.93. The number of halogens is 1. The molecule has 0 bridgehead atoms. The number of fused-ring (bicyclic) bond motifs is 5. The Morgan fingerprint density at radius 3 is 1.80 bits per heavy atom. The van der Waals surface area contributed by atoms with Gasteiger partial charge in [-0.2, -0.15) is 0 Å². The highest BCUT2D eigenvalue weighted by Crippen LogP contribution is 2.35. The van der Waals surface area contributed by atoms with E-state index in [0.29, 0.717) is 0 Å². The molecule has 1 aliphatic heterocycles. The minimum atomic E-state index is -2.69. The zero-order valence-electron chi connectivity index (χ0n) is 21.6. The third kappa shape index (κ3) is 3.27. The van der Waals surface area contributed by atoms with Gasteiger partial charge in [0, 0.05) is 16.5 Å². The monoisotopic (exact) mass is 593 g/mol. The van der Waals surface area contributed by atoms with Crippen molar-refractivity contribution in [1.29, 1.82) is 0 Å². The van der Waals surface area contributed by atoms with E-state index in [9.17, 15) is 0 Å². The van der Waals surface area contributed by atoms with Crippen molar-refractivity contribution in [3.05, 3.63) is 150 Å². The van der Waals surface area contributed by atoms with Crippen molar-refractivity contribution in [2.75, 3.05) is 0 Å². The second-order valence-electron chi connectivity index (χ2n) is 10.2. The summed E-state index contributed by atoms with van der Waals surface area (Å²) in [5.41, 5.74) is 3.60. The number of benzene rings is 6. The highest BCUT2D eigenvalue weighted by Gasteiger charge is 2.48.